The summed E-state index contributed by atoms with van der Waals surface area (Å²) < 4.78 is 11.1. The first-order valence-electron chi connectivity index (χ1n) is 7.95. The molecule has 1 amide bonds. The average molecular weight is 363 g/mol. The van der Waals surface area contributed by atoms with Crippen molar-refractivity contribution in [3.63, 3.8) is 0 Å². The van der Waals surface area contributed by atoms with Gasteiger partial charge in [0, 0.05) is 24.2 Å². The fraction of sp³-hybridized carbons (Fsp3) is 0.353. The summed E-state index contributed by atoms with van der Waals surface area (Å²) in [6.07, 6.45) is 5.08. The van der Waals surface area contributed by atoms with Crippen LogP contribution in [0.25, 0.3) is 0 Å². The number of methoxy groups -OCH3 is 1. The number of aromatic nitrogens is 2. The zero-order chi connectivity index (χ0) is 17.8. The lowest BCUT2D eigenvalue weighted by Gasteiger charge is -2.19. The molecular formula is C17H19ClN4O3. The van der Waals surface area contributed by atoms with Gasteiger partial charge in [-0.2, -0.15) is 0 Å². The van der Waals surface area contributed by atoms with Crippen molar-refractivity contribution in [2.75, 3.05) is 20.2 Å². The predicted molar refractivity (Wildman–Crippen MR) is 93.1 cm³/mol. The van der Waals surface area contributed by atoms with E-state index >= 15 is 0 Å². The molecule has 132 valence electrons. The van der Waals surface area contributed by atoms with Gasteiger partial charge in [-0.15, -0.1) is 0 Å². The van der Waals surface area contributed by atoms with Gasteiger partial charge in [0.25, 0.3) is 5.91 Å². The number of hydrogen-bond acceptors (Lipinski definition) is 6. The van der Waals surface area contributed by atoms with E-state index in [1.54, 1.807) is 19.2 Å². The second-order valence-electron chi connectivity index (χ2n) is 5.78. The Morgan fingerprint density at radius 3 is 2.76 bits per heavy atom. The van der Waals surface area contributed by atoms with Gasteiger partial charge in [0.15, 0.2) is 0 Å². The molecule has 0 unspecified atom stereocenters. The van der Waals surface area contributed by atoms with E-state index in [1.165, 1.54) is 25.2 Å². The number of halogens is 1. The van der Waals surface area contributed by atoms with Crippen LogP contribution < -0.4 is 15.2 Å². The molecule has 8 heteroatoms. The van der Waals surface area contributed by atoms with E-state index in [2.05, 4.69) is 14.9 Å². The lowest BCUT2D eigenvalue weighted by atomic mass is 10.1. The molecular weight excluding hydrogens is 344 g/mol. The van der Waals surface area contributed by atoms with E-state index < -0.39 is 5.91 Å². The van der Waals surface area contributed by atoms with Crippen molar-refractivity contribution in [1.82, 2.24) is 14.9 Å². The normalized spacial score (nSPS) is 14.5. The van der Waals surface area contributed by atoms with Crippen molar-refractivity contribution < 1.29 is 14.3 Å². The minimum atomic E-state index is -0.672. The van der Waals surface area contributed by atoms with Gasteiger partial charge in [0.2, 0.25) is 5.88 Å². The molecule has 1 saturated heterocycles. The molecule has 0 aliphatic carbocycles. The van der Waals surface area contributed by atoms with Crippen LogP contribution in [0.1, 0.15) is 28.9 Å². The summed E-state index contributed by atoms with van der Waals surface area (Å²) >= 11 is 6.44. The van der Waals surface area contributed by atoms with Crippen LogP contribution >= 0.6 is 11.6 Å². The van der Waals surface area contributed by atoms with Gasteiger partial charge in [0.05, 0.1) is 24.5 Å². The molecule has 7 nitrogen and oxygen atoms in total. The Labute approximate surface area is 150 Å². The first-order valence-corrected chi connectivity index (χ1v) is 8.33. The summed E-state index contributed by atoms with van der Waals surface area (Å²) in [4.78, 5) is 21.4. The topological polar surface area (TPSA) is 90.6 Å². The van der Waals surface area contributed by atoms with Gasteiger partial charge in [-0.3, -0.25) is 14.7 Å². The molecule has 2 aromatic rings. The summed E-state index contributed by atoms with van der Waals surface area (Å²) in [6.45, 7) is 2.86. The third-order valence-corrected chi connectivity index (χ3v) is 4.35. The highest BCUT2D eigenvalue weighted by Gasteiger charge is 2.18. The van der Waals surface area contributed by atoms with E-state index in [0.29, 0.717) is 16.5 Å². The number of primary amides is 1. The second-order valence-corrected chi connectivity index (χ2v) is 6.19. The molecule has 0 saturated carbocycles. The van der Waals surface area contributed by atoms with E-state index in [9.17, 15) is 4.79 Å². The van der Waals surface area contributed by atoms with Crippen molar-refractivity contribution in [1.29, 1.82) is 0 Å². The number of amides is 1. The monoisotopic (exact) mass is 362 g/mol. The molecule has 0 radical (unpaired) electrons. The molecule has 25 heavy (non-hydrogen) atoms. The number of benzene rings is 1. The van der Waals surface area contributed by atoms with E-state index in [0.717, 1.165) is 25.2 Å². The number of carbonyl (C=O) groups is 1. The molecule has 0 atom stereocenters. The zero-order valence-corrected chi connectivity index (χ0v) is 14.6. The molecule has 0 spiro atoms. The lowest BCUT2D eigenvalue weighted by molar-refractivity contribution is 0.0994. The molecule has 1 aliphatic rings. The van der Waals surface area contributed by atoms with Crippen molar-refractivity contribution in [3.05, 3.63) is 40.8 Å². The maximum atomic E-state index is 11.2. The molecule has 1 aliphatic heterocycles. The molecule has 2 heterocycles. The van der Waals surface area contributed by atoms with Gasteiger partial charge in [-0.1, -0.05) is 11.6 Å². The fourth-order valence-corrected chi connectivity index (χ4v) is 3.04. The minimum absolute atomic E-state index is 0.0289. The van der Waals surface area contributed by atoms with Crippen molar-refractivity contribution in [2.24, 2.45) is 5.73 Å². The molecule has 0 bridgehead atoms. The Morgan fingerprint density at radius 2 is 2.08 bits per heavy atom. The molecule has 3 rings (SSSR count). The number of carbonyl (C=O) groups excluding carboxylic acids is 1. The Balaban J connectivity index is 1.83. The number of nitrogens with zero attached hydrogens (tertiary/aromatic N) is 3. The Bertz CT molecular complexity index is 778. The van der Waals surface area contributed by atoms with Crippen LogP contribution in [0.15, 0.2) is 24.5 Å². The zero-order valence-electron chi connectivity index (χ0n) is 13.9. The second kappa shape index (κ2) is 7.67. The van der Waals surface area contributed by atoms with Gasteiger partial charge >= 0.3 is 0 Å². The minimum Gasteiger partial charge on any atom is -0.496 e. The quantitative estimate of drug-likeness (QED) is 0.849. The number of hydrogen-bond donors (Lipinski definition) is 1. The lowest BCUT2D eigenvalue weighted by Crippen LogP contribution is -2.19. The molecule has 1 aromatic carbocycles. The standard InChI is InChI=1S/C17H19ClN4O3/c1-24-15-7-11(25-16-9-20-8-14(21-16)17(19)23)6-13(18)12(15)10-22-4-2-3-5-22/h6-9H,2-5,10H2,1H3,(H2,19,23). The fourth-order valence-electron chi connectivity index (χ4n) is 2.78. The Morgan fingerprint density at radius 1 is 1.32 bits per heavy atom. The summed E-state index contributed by atoms with van der Waals surface area (Å²) in [5, 5.41) is 0.556. The Kier molecular flexibility index (Phi) is 5.35. The first kappa shape index (κ1) is 17.4. The largest absolute Gasteiger partial charge is 0.496 e. The van der Waals surface area contributed by atoms with Crippen molar-refractivity contribution >= 4 is 17.5 Å². The predicted octanol–water partition coefficient (Wildman–Crippen LogP) is 2.63. The molecule has 1 aromatic heterocycles. The van der Waals surface area contributed by atoms with Crippen LogP contribution in [-0.2, 0) is 6.54 Å². The van der Waals surface area contributed by atoms with Crippen LogP contribution in [-0.4, -0.2) is 41.0 Å². The summed E-state index contributed by atoms with van der Waals surface area (Å²) in [5.74, 6) is 0.576. The maximum Gasteiger partial charge on any atom is 0.269 e. The Hall–Kier alpha value is -2.38. The number of rotatable bonds is 6. The molecule has 2 N–H and O–H groups in total. The molecule has 1 fully saturated rings. The maximum absolute atomic E-state index is 11.2. The van der Waals surface area contributed by atoms with Gasteiger partial charge < -0.3 is 15.2 Å². The van der Waals surface area contributed by atoms with Crippen molar-refractivity contribution in [2.45, 2.75) is 19.4 Å². The van der Waals surface area contributed by atoms with Crippen molar-refractivity contribution in [3.8, 4) is 17.4 Å². The summed E-state index contributed by atoms with van der Waals surface area (Å²) in [7, 11) is 1.59. The van der Waals surface area contributed by atoms with Crippen LogP contribution in [0.5, 0.6) is 17.4 Å². The van der Waals surface area contributed by atoms with Crippen LogP contribution in [0.2, 0.25) is 5.02 Å². The highest BCUT2D eigenvalue weighted by Crippen LogP contribution is 2.35. The van der Waals surface area contributed by atoms with Gasteiger partial charge in [0.1, 0.15) is 17.2 Å². The van der Waals surface area contributed by atoms with Gasteiger partial charge in [-0.25, -0.2) is 4.98 Å². The highest BCUT2D eigenvalue weighted by atomic mass is 35.5. The average Bonchev–Trinajstić information content (AvgIpc) is 3.10. The number of likely N-dealkylation sites (tertiary alicyclic amines) is 1. The summed E-state index contributed by atoms with van der Waals surface area (Å²) in [6, 6.07) is 3.45. The number of nitrogens with two attached hydrogens (primary N) is 1. The third kappa shape index (κ3) is 4.18. The SMILES string of the molecule is COc1cc(Oc2cncc(C(N)=O)n2)cc(Cl)c1CN1CCCC1. The smallest absolute Gasteiger partial charge is 0.269 e. The van der Waals surface area contributed by atoms with Crippen LogP contribution in [0.3, 0.4) is 0 Å². The number of ether oxygens (including phenoxy) is 2. The highest BCUT2D eigenvalue weighted by molar-refractivity contribution is 6.31. The van der Waals surface area contributed by atoms with Crippen LogP contribution in [0, 0.1) is 0 Å². The van der Waals surface area contributed by atoms with Gasteiger partial charge in [-0.05, 0) is 25.9 Å². The van der Waals surface area contributed by atoms with E-state index in [-0.39, 0.29) is 11.6 Å². The van der Waals surface area contributed by atoms with E-state index in [4.69, 9.17) is 26.8 Å². The third-order valence-electron chi connectivity index (χ3n) is 4.02. The van der Waals surface area contributed by atoms with Crippen LogP contribution in [0.4, 0.5) is 0 Å². The van der Waals surface area contributed by atoms with E-state index in [1.807, 2.05) is 0 Å². The first-order chi connectivity index (χ1) is 12.1. The summed E-state index contributed by atoms with van der Waals surface area (Å²) in [5.41, 5.74) is 6.16.